The Morgan fingerprint density at radius 1 is 0.900 bits per heavy atom. The zero-order valence-corrected chi connectivity index (χ0v) is 18.7. The Morgan fingerprint density at radius 2 is 1.57 bits per heavy atom. The first kappa shape index (κ1) is 20.8. The van der Waals surface area contributed by atoms with Gasteiger partial charge in [-0.05, 0) is 72.2 Å². The number of anilines is 1. The van der Waals surface area contributed by atoms with Gasteiger partial charge in [0.25, 0.3) is 0 Å². The highest BCUT2D eigenvalue weighted by Gasteiger charge is 2.19. The van der Waals surface area contributed by atoms with Crippen LogP contribution < -0.4 is 4.72 Å². The predicted octanol–water partition coefficient (Wildman–Crippen LogP) is 4.63. The molecule has 1 heterocycles. The Hall–Kier alpha value is -2.45. The molecule has 154 valence electrons. The molecule has 7 heteroatoms. The topological polar surface area (TPSA) is 76.0 Å². The van der Waals surface area contributed by atoms with Crippen molar-refractivity contribution in [1.82, 2.24) is 9.78 Å². The van der Waals surface area contributed by atoms with Crippen molar-refractivity contribution in [3.05, 3.63) is 83.7 Å². The number of hydrogen-bond acceptors (Lipinski definition) is 4. The van der Waals surface area contributed by atoms with Crippen LogP contribution in [0.4, 0.5) is 5.69 Å². The first-order valence-electron chi connectivity index (χ1n) is 9.57. The molecule has 0 radical (unpaired) electrons. The minimum absolute atomic E-state index is 0.416. The second-order valence-electron chi connectivity index (χ2n) is 7.18. The third kappa shape index (κ3) is 4.34. The lowest BCUT2D eigenvalue weighted by molar-refractivity contribution is 0.594. The minimum Gasteiger partial charge on any atom is -0.611 e. The van der Waals surface area contributed by atoms with Gasteiger partial charge in [0.2, 0.25) is 0 Å². The van der Waals surface area contributed by atoms with Crippen LogP contribution >= 0.6 is 0 Å². The van der Waals surface area contributed by atoms with Gasteiger partial charge < -0.3 is 9.11 Å². The summed E-state index contributed by atoms with van der Waals surface area (Å²) in [7, 11) is 1.86. The van der Waals surface area contributed by atoms with E-state index in [1.54, 1.807) is 4.68 Å². The Morgan fingerprint density at radius 3 is 2.23 bits per heavy atom. The fraction of sp³-hybridized carbons (Fsp3) is 0.174. The fourth-order valence-corrected chi connectivity index (χ4v) is 5.45. The molecule has 0 amide bonds. The van der Waals surface area contributed by atoms with Crippen LogP contribution in [0.1, 0.15) is 17.0 Å². The average molecular weight is 438 g/mol. The van der Waals surface area contributed by atoms with Crippen molar-refractivity contribution in [3.63, 3.8) is 0 Å². The van der Waals surface area contributed by atoms with Gasteiger partial charge in [-0.2, -0.15) is 9.82 Å². The lowest BCUT2D eigenvalue weighted by atomic mass is 10.1. The minimum atomic E-state index is -1.39. The molecule has 0 saturated carbocycles. The van der Waals surface area contributed by atoms with Crippen LogP contribution in [0.15, 0.2) is 76.5 Å². The summed E-state index contributed by atoms with van der Waals surface area (Å²) in [5.41, 5.74) is 3.47. The summed E-state index contributed by atoms with van der Waals surface area (Å²) in [6.45, 7) is 3.82. The maximum absolute atomic E-state index is 12.8. The lowest BCUT2D eigenvalue weighted by Gasteiger charge is -2.13. The highest BCUT2D eigenvalue weighted by atomic mass is 32.2. The molecule has 1 aromatic heterocycles. The van der Waals surface area contributed by atoms with Crippen molar-refractivity contribution in [2.24, 2.45) is 7.05 Å². The maximum Gasteiger partial charge on any atom is 0.179 e. The summed E-state index contributed by atoms with van der Waals surface area (Å²) in [6.07, 6.45) is 0. The molecule has 0 fully saturated rings. The molecule has 0 spiro atoms. The molecule has 0 aliphatic rings. The predicted molar refractivity (Wildman–Crippen MR) is 123 cm³/mol. The van der Waals surface area contributed by atoms with Crippen LogP contribution in [-0.2, 0) is 35.3 Å². The molecule has 0 saturated heterocycles. The highest BCUT2D eigenvalue weighted by Crippen LogP contribution is 2.25. The third-order valence-electron chi connectivity index (χ3n) is 5.12. The molecule has 0 aliphatic carbocycles. The van der Waals surface area contributed by atoms with E-state index < -0.39 is 22.5 Å². The lowest BCUT2D eigenvalue weighted by Crippen LogP contribution is -2.14. The summed E-state index contributed by atoms with van der Waals surface area (Å²) in [4.78, 5) is 1.48. The van der Waals surface area contributed by atoms with Crippen LogP contribution in [-0.4, -0.2) is 18.9 Å². The third-order valence-corrected chi connectivity index (χ3v) is 7.59. The van der Waals surface area contributed by atoms with Gasteiger partial charge in [-0.3, -0.25) is 4.68 Å². The molecule has 2 unspecified atom stereocenters. The van der Waals surface area contributed by atoms with Gasteiger partial charge in [-0.1, -0.05) is 24.3 Å². The van der Waals surface area contributed by atoms with E-state index in [1.807, 2.05) is 87.6 Å². The standard InChI is InChI=1S/C23H23N3O2S2/c1-16-23(17(2)26(3)24-16)25-30(28)21-11-8-18(9-12-21)15-29(27)22-13-10-19-6-4-5-7-20(19)14-22/h4-14,25H,15H2,1-3H3. The number of fused-ring (bicyclic) bond motifs is 1. The van der Waals surface area contributed by atoms with Crippen molar-refractivity contribution >= 4 is 39.0 Å². The van der Waals surface area contributed by atoms with Crippen molar-refractivity contribution in [2.45, 2.75) is 29.4 Å². The Labute approximate surface area is 182 Å². The van der Waals surface area contributed by atoms with Gasteiger partial charge in [0.15, 0.2) is 9.79 Å². The summed E-state index contributed by atoms with van der Waals surface area (Å²) in [5, 5.41) is 6.56. The molecule has 0 aliphatic heterocycles. The molecule has 4 aromatic rings. The van der Waals surface area contributed by atoms with Gasteiger partial charge in [0.1, 0.15) is 22.8 Å². The van der Waals surface area contributed by atoms with Gasteiger partial charge in [0, 0.05) is 18.7 Å². The monoisotopic (exact) mass is 437 g/mol. The van der Waals surface area contributed by atoms with Gasteiger partial charge in [-0.25, -0.2) is 0 Å². The summed E-state index contributed by atoms with van der Waals surface area (Å²) >= 11 is -2.54. The van der Waals surface area contributed by atoms with E-state index in [0.717, 1.165) is 38.3 Å². The van der Waals surface area contributed by atoms with E-state index in [4.69, 9.17) is 0 Å². The largest absolute Gasteiger partial charge is 0.611 e. The molecule has 2 atom stereocenters. The van der Waals surface area contributed by atoms with Gasteiger partial charge >= 0.3 is 0 Å². The van der Waals surface area contributed by atoms with Gasteiger partial charge in [0.05, 0.1) is 11.4 Å². The van der Waals surface area contributed by atoms with Crippen LogP contribution in [0.5, 0.6) is 0 Å². The summed E-state index contributed by atoms with van der Waals surface area (Å²) in [5.74, 6) is 0.416. The molecule has 30 heavy (non-hydrogen) atoms. The molecule has 4 rings (SSSR count). The van der Waals surface area contributed by atoms with Crippen LogP contribution in [0.2, 0.25) is 0 Å². The maximum atomic E-state index is 12.8. The number of aromatic nitrogens is 2. The van der Waals surface area contributed by atoms with E-state index in [1.165, 1.54) is 0 Å². The molecule has 0 bridgehead atoms. The number of nitrogens with one attached hydrogen (secondary N) is 1. The van der Waals surface area contributed by atoms with E-state index >= 15 is 0 Å². The van der Waals surface area contributed by atoms with Crippen LogP contribution in [0.25, 0.3) is 10.8 Å². The average Bonchev–Trinajstić information content (AvgIpc) is 2.99. The molecular weight excluding hydrogens is 414 g/mol. The highest BCUT2D eigenvalue weighted by molar-refractivity contribution is 7.92. The summed E-state index contributed by atoms with van der Waals surface area (Å²) < 4.78 is 30.3. The SMILES string of the molecule is Cc1nn(C)c(C)c1N[S+]([O-])c1ccc(C[S+]([O-])c2ccc3ccccc3c2)cc1. The summed E-state index contributed by atoms with van der Waals surface area (Å²) in [6, 6.07) is 21.4. The normalized spacial score (nSPS) is 13.4. The first-order valence-corrected chi connectivity index (χ1v) is 12.0. The van der Waals surface area contributed by atoms with E-state index in [-0.39, 0.29) is 0 Å². The molecular formula is C23H23N3O2S2. The number of rotatable bonds is 6. The van der Waals surface area contributed by atoms with Crippen molar-refractivity contribution in [3.8, 4) is 0 Å². The van der Waals surface area contributed by atoms with Crippen LogP contribution in [0, 0.1) is 13.8 Å². The zero-order chi connectivity index (χ0) is 21.3. The zero-order valence-electron chi connectivity index (χ0n) is 17.1. The van der Waals surface area contributed by atoms with Crippen molar-refractivity contribution < 1.29 is 9.11 Å². The Bertz CT molecular complexity index is 1180. The Kier molecular flexibility index (Phi) is 6.06. The quantitative estimate of drug-likeness (QED) is 0.446. The van der Waals surface area contributed by atoms with E-state index in [9.17, 15) is 9.11 Å². The first-order chi connectivity index (χ1) is 14.4. The molecule has 3 aromatic carbocycles. The smallest absolute Gasteiger partial charge is 0.179 e. The van der Waals surface area contributed by atoms with Crippen molar-refractivity contribution in [2.75, 3.05) is 4.72 Å². The Balaban J connectivity index is 1.44. The van der Waals surface area contributed by atoms with E-state index in [0.29, 0.717) is 10.6 Å². The second kappa shape index (κ2) is 8.73. The second-order valence-corrected chi connectivity index (χ2v) is 9.85. The number of aryl methyl sites for hydroxylation is 2. The molecule has 5 nitrogen and oxygen atoms in total. The van der Waals surface area contributed by atoms with Gasteiger partial charge in [-0.15, -0.1) is 0 Å². The number of benzene rings is 3. The molecule has 1 N–H and O–H groups in total. The van der Waals surface area contributed by atoms with Crippen molar-refractivity contribution in [1.29, 1.82) is 0 Å². The van der Waals surface area contributed by atoms with E-state index in [2.05, 4.69) is 9.82 Å². The number of hydrogen-bond donors (Lipinski definition) is 1. The van der Waals surface area contributed by atoms with Crippen LogP contribution in [0.3, 0.4) is 0 Å². The fourth-order valence-electron chi connectivity index (χ4n) is 3.33. The number of nitrogens with zero attached hydrogens (tertiary/aromatic N) is 2.